The third-order valence-corrected chi connectivity index (χ3v) is 7.06. The minimum absolute atomic E-state index is 0.00610. The van der Waals surface area contributed by atoms with Crippen LogP contribution in [-0.4, -0.2) is 58.4 Å². The van der Waals surface area contributed by atoms with Crippen LogP contribution in [0.3, 0.4) is 0 Å². The summed E-state index contributed by atoms with van der Waals surface area (Å²) < 4.78 is 37.5. The maximum absolute atomic E-state index is 13.1. The third-order valence-electron chi connectivity index (χ3n) is 5.88. The minimum Gasteiger partial charge on any atom is -0.478 e. The molecule has 2 aromatic carbocycles. The van der Waals surface area contributed by atoms with Crippen molar-refractivity contribution < 1.29 is 27.5 Å². The van der Waals surface area contributed by atoms with E-state index >= 15 is 0 Å². The zero-order valence-corrected chi connectivity index (χ0v) is 20.1. The molecule has 4 rings (SSSR count). The number of amides is 2. The number of carbonyl (C=O) groups excluding carboxylic acids is 2. The first-order valence-corrected chi connectivity index (χ1v) is 13.1. The van der Waals surface area contributed by atoms with Crippen molar-refractivity contribution >= 4 is 33.2 Å². The van der Waals surface area contributed by atoms with E-state index in [1.807, 2.05) is 6.92 Å². The average Bonchev–Trinajstić information content (AvgIpc) is 3.23. The van der Waals surface area contributed by atoms with Crippen LogP contribution >= 0.6 is 0 Å². The van der Waals surface area contributed by atoms with Crippen LogP contribution in [0, 0.1) is 6.92 Å². The molecular weight excluding hydrogens is 458 g/mol. The standard InChI is InChI=1S/C24H29N3O6S/c1-16-9-10-21-20(14-16)27(34(2,30)31)12-11-22(33-21)24(29)26-19-8-4-3-7-18(19)23(28)25-15-17-6-5-13-32-17/h3-4,7-10,14,17,22H,5-6,11-13,15H2,1-2H3,(H,25,28)(H,26,29)/t17-,22-/m0/s1. The number of sulfonamides is 1. The number of rotatable bonds is 6. The molecule has 2 amide bonds. The van der Waals surface area contributed by atoms with Gasteiger partial charge in [-0.1, -0.05) is 18.2 Å². The highest BCUT2D eigenvalue weighted by atomic mass is 32.2. The van der Waals surface area contributed by atoms with E-state index in [1.165, 1.54) is 4.31 Å². The monoisotopic (exact) mass is 487 g/mol. The van der Waals surface area contributed by atoms with E-state index in [1.54, 1.807) is 42.5 Å². The molecule has 2 aliphatic rings. The lowest BCUT2D eigenvalue weighted by Gasteiger charge is -2.21. The number of fused-ring (bicyclic) bond motifs is 1. The molecule has 0 bridgehead atoms. The molecule has 1 fully saturated rings. The summed E-state index contributed by atoms with van der Waals surface area (Å²) in [7, 11) is -3.56. The molecule has 0 radical (unpaired) electrons. The van der Waals surface area contributed by atoms with Crippen LogP contribution < -0.4 is 19.7 Å². The zero-order chi connectivity index (χ0) is 24.3. The predicted molar refractivity (Wildman–Crippen MR) is 129 cm³/mol. The first-order chi connectivity index (χ1) is 16.2. The fraction of sp³-hybridized carbons (Fsp3) is 0.417. The van der Waals surface area contributed by atoms with Gasteiger partial charge in [-0.3, -0.25) is 13.9 Å². The predicted octanol–water partition coefficient (Wildman–Crippen LogP) is 2.46. The van der Waals surface area contributed by atoms with Crippen molar-refractivity contribution in [2.24, 2.45) is 0 Å². The summed E-state index contributed by atoms with van der Waals surface area (Å²) in [5, 5.41) is 5.65. The zero-order valence-electron chi connectivity index (χ0n) is 19.2. The van der Waals surface area contributed by atoms with Gasteiger partial charge in [-0.2, -0.15) is 0 Å². The first-order valence-electron chi connectivity index (χ1n) is 11.3. The SMILES string of the molecule is Cc1ccc2c(c1)N(S(C)(=O)=O)CC[C@@H](C(=O)Nc1ccccc1C(=O)NC[C@@H]1CCCO1)O2. The van der Waals surface area contributed by atoms with Crippen LogP contribution in [0.5, 0.6) is 5.75 Å². The molecule has 2 N–H and O–H groups in total. The van der Waals surface area contributed by atoms with Crippen LogP contribution in [0.25, 0.3) is 0 Å². The van der Waals surface area contributed by atoms with E-state index in [2.05, 4.69) is 10.6 Å². The Kier molecular flexibility index (Phi) is 7.08. The second-order valence-corrected chi connectivity index (χ2v) is 10.5. The van der Waals surface area contributed by atoms with Crippen LogP contribution in [0.15, 0.2) is 42.5 Å². The van der Waals surface area contributed by atoms with Gasteiger partial charge in [-0.25, -0.2) is 8.42 Å². The lowest BCUT2D eigenvalue weighted by molar-refractivity contribution is -0.122. The number of aryl methyl sites for hydroxylation is 1. The smallest absolute Gasteiger partial charge is 0.265 e. The molecule has 2 heterocycles. The number of anilines is 2. The molecule has 34 heavy (non-hydrogen) atoms. The molecule has 0 spiro atoms. The Morgan fingerprint density at radius 3 is 2.68 bits per heavy atom. The fourth-order valence-corrected chi connectivity index (χ4v) is 5.07. The number of hydrogen-bond acceptors (Lipinski definition) is 6. The summed E-state index contributed by atoms with van der Waals surface area (Å²) in [6, 6.07) is 11.9. The van der Waals surface area contributed by atoms with Gasteiger partial charge >= 0.3 is 0 Å². The van der Waals surface area contributed by atoms with Crippen molar-refractivity contribution in [3.05, 3.63) is 53.6 Å². The molecule has 182 valence electrons. The van der Waals surface area contributed by atoms with E-state index in [9.17, 15) is 18.0 Å². The molecule has 10 heteroatoms. The number of para-hydroxylation sites is 1. The molecule has 2 atom stereocenters. The second kappa shape index (κ2) is 10.0. The summed E-state index contributed by atoms with van der Waals surface area (Å²) in [5.41, 5.74) is 1.97. The van der Waals surface area contributed by atoms with Crippen molar-refractivity contribution in [3.8, 4) is 5.75 Å². The highest BCUT2D eigenvalue weighted by molar-refractivity contribution is 7.92. The third kappa shape index (κ3) is 5.51. The largest absolute Gasteiger partial charge is 0.478 e. The van der Waals surface area contributed by atoms with Crippen LogP contribution in [0.2, 0.25) is 0 Å². The summed E-state index contributed by atoms with van der Waals surface area (Å²) in [5.74, 6) is -0.449. The summed E-state index contributed by atoms with van der Waals surface area (Å²) in [6.45, 7) is 3.06. The maximum Gasteiger partial charge on any atom is 0.265 e. The van der Waals surface area contributed by atoms with E-state index in [0.717, 1.165) is 24.7 Å². The Balaban J connectivity index is 1.50. The highest BCUT2D eigenvalue weighted by Gasteiger charge is 2.32. The second-order valence-electron chi connectivity index (χ2n) is 8.58. The van der Waals surface area contributed by atoms with Crippen molar-refractivity contribution in [1.29, 1.82) is 0 Å². The van der Waals surface area contributed by atoms with Crippen molar-refractivity contribution in [3.63, 3.8) is 0 Å². The molecule has 2 aliphatic heterocycles. The van der Waals surface area contributed by atoms with Crippen molar-refractivity contribution in [2.75, 3.05) is 35.6 Å². The quantitative estimate of drug-likeness (QED) is 0.647. The van der Waals surface area contributed by atoms with Gasteiger partial charge in [-0.15, -0.1) is 0 Å². The first kappa shape index (κ1) is 24.0. The molecular formula is C24H29N3O6S. The van der Waals surface area contributed by atoms with Crippen molar-refractivity contribution in [1.82, 2.24) is 5.32 Å². The minimum atomic E-state index is -3.56. The van der Waals surface area contributed by atoms with E-state index in [-0.39, 0.29) is 25.0 Å². The number of nitrogens with zero attached hydrogens (tertiary/aromatic N) is 1. The maximum atomic E-state index is 13.1. The number of nitrogens with one attached hydrogen (secondary N) is 2. The van der Waals surface area contributed by atoms with Gasteiger partial charge in [0, 0.05) is 26.1 Å². The Labute approximate surface area is 199 Å². The molecule has 0 saturated carbocycles. The summed E-state index contributed by atoms with van der Waals surface area (Å²) in [4.78, 5) is 25.9. The summed E-state index contributed by atoms with van der Waals surface area (Å²) in [6.07, 6.45) is 2.24. The Morgan fingerprint density at radius 2 is 1.94 bits per heavy atom. The van der Waals surface area contributed by atoms with Crippen LogP contribution in [0.4, 0.5) is 11.4 Å². The van der Waals surface area contributed by atoms with Gasteiger partial charge in [0.05, 0.1) is 29.3 Å². The van der Waals surface area contributed by atoms with E-state index in [4.69, 9.17) is 9.47 Å². The number of benzene rings is 2. The topological polar surface area (TPSA) is 114 Å². The van der Waals surface area contributed by atoms with Gasteiger partial charge in [0.2, 0.25) is 10.0 Å². The van der Waals surface area contributed by atoms with Gasteiger partial charge < -0.3 is 20.1 Å². The Hall–Kier alpha value is -3.11. The highest BCUT2D eigenvalue weighted by Crippen LogP contribution is 2.35. The van der Waals surface area contributed by atoms with Gasteiger partial charge in [0.1, 0.15) is 5.75 Å². The van der Waals surface area contributed by atoms with E-state index < -0.39 is 22.0 Å². The number of hydrogen-bond donors (Lipinski definition) is 2. The van der Waals surface area contributed by atoms with Crippen LogP contribution in [0.1, 0.15) is 35.2 Å². The fourth-order valence-electron chi connectivity index (χ4n) is 4.13. The lowest BCUT2D eigenvalue weighted by Crippen LogP contribution is -2.37. The molecule has 2 aromatic rings. The molecule has 0 unspecified atom stereocenters. The Bertz CT molecular complexity index is 1180. The number of ether oxygens (including phenoxy) is 2. The molecule has 9 nitrogen and oxygen atoms in total. The molecule has 1 saturated heterocycles. The van der Waals surface area contributed by atoms with Crippen molar-refractivity contribution in [2.45, 2.75) is 38.4 Å². The Morgan fingerprint density at radius 1 is 1.15 bits per heavy atom. The lowest BCUT2D eigenvalue weighted by atomic mass is 10.1. The summed E-state index contributed by atoms with van der Waals surface area (Å²) >= 11 is 0. The van der Waals surface area contributed by atoms with Gasteiger partial charge in [0.15, 0.2) is 6.10 Å². The van der Waals surface area contributed by atoms with Crippen LogP contribution in [-0.2, 0) is 19.6 Å². The molecule has 0 aromatic heterocycles. The normalized spacial score (nSPS) is 20.1. The van der Waals surface area contributed by atoms with Gasteiger partial charge in [-0.05, 0) is 49.6 Å². The average molecular weight is 488 g/mol. The van der Waals surface area contributed by atoms with E-state index in [0.29, 0.717) is 35.8 Å². The van der Waals surface area contributed by atoms with Gasteiger partial charge in [0.25, 0.3) is 11.8 Å². The number of carbonyl (C=O) groups is 2. The molecule has 0 aliphatic carbocycles.